The Kier molecular flexibility index (Phi) is 4.81. The van der Waals surface area contributed by atoms with Crippen molar-refractivity contribution >= 4 is 0 Å². The predicted molar refractivity (Wildman–Crippen MR) is 74.2 cm³/mol. The van der Waals surface area contributed by atoms with Crippen molar-refractivity contribution < 1.29 is 0 Å². The standard InChI is InChI=1S/C16H23N/c1-2-15(13-16-9-5-3-6-10-16)14-17-11-7-4-8-12-17/h2-3,5-6,9-10H,4,7-8,11-14H2,1H3/b15-2-. The molecule has 1 nitrogen and oxygen atoms in total. The molecule has 0 atom stereocenters. The van der Waals surface area contributed by atoms with Crippen LogP contribution in [0, 0.1) is 0 Å². The summed E-state index contributed by atoms with van der Waals surface area (Å²) >= 11 is 0. The molecule has 17 heavy (non-hydrogen) atoms. The lowest BCUT2D eigenvalue weighted by atomic mass is 10.0. The zero-order chi connectivity index (χ0) is 11.9. The Labute approximate surface area is 105 Å². The van der Waals surface area contributed by atoms with Crippen molar-refractivity contribution in [3.63, 3.8) is 0 Å². The molecule has 0 aliphatic carbocycles. The third-order valence-electron chi connectivity index (χ3n) is 3.56. The van der Waals surface area contributed by atoms with Gasteiger partial charge in [0.25, 0.3) is 0 Å². The molecule has 1 heterocycles. The van der Waals surface area contributed by atoms with E-state index in [4.69, 9.17) is 0 Å². The largest absolute Gasteiger partial charge is 0.299 e. The van der Waals surface area contributed by atoms with E-state index in [0.717, 1.165) is 13.0 Å². The lowest BCUT2D eigenvalue weighted by Crippen LogP contribution is -2.31. The average Bonchev–Trinajstić information content (AvgIpc) is 2.40. The average molecular weight is 229 g/mol. The van der Waals surface area contributed by atoms with Gasteiger partial charge in [0.1, 0.15) is 0 Å². The Morgan fingerprint density at radius 2 is 1.82 bits per heavy atom. The second kappa shape index (κ2) is 6.61. The van der Waals surface area contributed by atoms with Gasteiger partial charge < -0.3 is 0 Å². The van der Waals surface area contributed by atoms with Gasteiger partial charge in [0.05, 0.1) is 0 Å². The maximum atomic E-state index is 2.60. The van der Waals surface area contributed by atoms with Gasteiger partial charge >= 0.3 is 0 Å². The van der Waals surface area contributed by atoms with E-state index in [1.807, 2.05) is 0 Å². The molecule has 1 fully saturated rings. The van der Waals surface area contributed by atoms with Gasteiger partial charge in [-0.15, -0.1) is 0 Å². The molecule has 0 amide bonds. The molecule has 1 aliphatic heterocycles. The Morgan fingerprint density at radius 1 is 1.12 bits per heavy atom. The molecule has 0 bridgehead atoms. The summed E-state index contributed by atoms with van der Waals surface area (Å²) in [5.74, 6) is 0. The molecule has 0 spiro atoms. The van der Waals surface area contributed by atoms with E-state index in [1.54, 1.807) is 5.57 Å². The minimum absolute atomic E-state index is 1.10. The van der Waals surface area contributed by atoms with E-state index in [1.165, 1.54) is 37.9 Å². The first-order valence-corrected chi connectivity index (χ1v) is 6.79. The number of hydrogen-bond donors (Lipinski definition) is 0. The van der Waals surface area contributed by atoms with Gasteiger partial charge in [-0.05, 0) is 44.8 Å². The predicted octanol–water partition coefficient (Wildman–Crippen LogP) is 3.66. The van der Waals surface area contributed by atoms with Crippen LogP contribution in [-0.2, 0) is 6.42 Å². The van der Waals surface area contributed by atoms with Crippen molar-refractivity contribution in [2.75, 3.05) is 19.6 Å². The number of benzene rings is 1. The minimum atomic E-state index is 1.10. The SMILES string of the molecule is C/C=C(/Cc1ccccc1)CN1CCCCC1. The smallest absolute Gasteiger partial charge is 0.0196 e. The zero-order valence-corrected chi connectivity index (χ0v) is 10.9. The normalized spacial score (nSPS) is 18.3. The first-order valence-electron chi connectivity index (χ1n) is 6.79. The molecule has 0 N–H and O–H groups in total. The van der Waals surface area contributed by atoms with Crippen LogP contribution >= 0.6 is 0 Å². The number of likely N-dealkylation sites (tertiary alicyclic amines) is 1. The van der Waals surface area contributed by atoms with Gasteiger partial charge in [0, 0.05) is 6.54 Å². The molecule has 0 radical (unpaired) electrons. The summed E-state index contributed by atoms with van der Waals surface area (Å²) in [6, 6.07) is 10.8. The second-order valence-electron chi connectivity index (χ2n) is 4.95. The summed E-state index contributed by atoms with van der Waals surface area (Å²) in [5.41, 5.74) is 2.98. The van der Waals surface area contributed by atoms with Gasteiger partial charge in [-0.2, -0.15) is 0 Å². The fourth-order valence-electron chi connectivity index (χ4n) is 2.51. The number of allylic oxidation sites excluding steroid dienone is 1. The van der Waals surface area contributed by atoms with E-state index in [0.29, 0.717) is 0 Å². The maximum Gasteiger partial charge on any atom is 0.0196 e. The molecule has 92 valence electrons. The monoisotopic (exact) mass is 229 g/mol. The lowest BCUT2D eigenvalue weighted by Gasteiger charge is -2.27. The first kappa shape index (κ1) is 12.4. The molecule has 1 aromatic carbocycles. The van der Waals surface area contributed by atoms with E-state index < -0.39 is 0 Å². The number of piperidine rings is 1. The molecular weight excluding hydrogens is 206 g/mol. The Morgan fingerprint density at radius 3 is 2.47 bits per heavy atom. The van der Waals surface area contributed by atoms with Gasteiger partial charge in [-0.25, -0.2) is 0 Å². The molecule has 2 rings (SSSR count). The van der Waals surface area contributed by atoms with Crippen molar-refractivity contribution in [1.29, 1.82) is 0 Å². The van der Waals surface area contributed by atoms with Crippen LogP contribution in [0.25, 0.3) is 0 Å². The molecular formula is C16H23N. The molecule has 1 heteroatoms. The van der Waals surface area contributed by atoms with Crippen molar-refractivity contribution in [1.82, 2.24) is 4.90 Å². The lowest BCUT2D eigenvalue weighted by molar-refractivity contribution is 0.245. The van der Waals surface area contributed by atoms with Crippen LogP contribution in [0.1, 0.15) is 31.7 Å². The summed E-state index contributed by atoms with van der Waals surface area (Å²) in [6.07, 6.45) is 7.57. The summed E-state index contributed by atoms with van der Waals surface area (Å²) < 4.78 is 0. The van der Waals surface area contributed by atoms with Crippen LogP contribution in [0.2, 0.25) is 0 Å². The van der Waals surface area contributed by atoms with Crippen LogP contribution < -0.4 is 0 Å². The molecule has 0 unspecified atom stereocenters. The molecule has 1 aliphatic rings. The summed E-state index contributed by atoms with van der Waals surface area (Å²) in [6.45, 7) is 5.89. The number of hydrogen-bond acceptors (Lipinski definition) is 1. The number of nitrogens with zero attached hydrogens (tertiary/aromatic N) is 1. The van der Waals surface area contributed by atoms with Crippen LogP contribution in [0.15, 0.2) is 42.0 Å². The van der Waals surface area contributed by atoms with Crippen LogP contribution in [0.4, 0.5) is 0 Å². The van der Waals surface area contributed by atoms with Crippen molar-refractivity contribution in [3.8, 4) is 0 Å². The second-order valence-corrected chi connectivity index (χ2v) is 4.95. The highest BCUT2D eigenvalue weighted by molar-refractivity contribution is 5.22. The molecule has 1 saturated heterocycles. The van der Waals surface area contributed by atoms with Gasteiger partial charge in [-0.3, -0.25) is 4.90 Å². The third kappa shape index (κ3) is 4.01. The van der Waals surface area contributed by atoms with Crippen molar-refractivity contribution in [3.05, 3.63) is 47.5 Å². The van der Waals surface area contributed by atoms with E-state index in [2.05, 4.69) is 48.2 Å². The highest BCUT2D eigenvalue weighted by atomic mass is 15.1. The number of rotatable bonds is 4. The van der Waals surface area contributed by atoms with Crippen molar-refractivity contribution in [2.45, 2.75) is 32.6 Å². The quantitative estimate of drug-likeness (QED) is 0.712. The molecule has 0 saturated carbocycles. The summed E-state index contributed by atoms with van der Waals surface area (Å²) in [4.78, 5) is 2.60. The van der Waals surface area contributed by atoms with E-state index in [-0.39, 0.29) is 0 Å². The Balaban J connectivity index is 1.89. The first-order chi connectivity index (χ1) is 8.38. The van der Waals surface area contributed by atoms with Gasteiger partial charge in [0.2, 0.25) is 0 Å². The summed E-state index contributed by atoms with van der Waals surface area (Å²) in [5, 5.41) is 0. The topological polar surface area (TPSA) is 3.24 Å². The molecule has 0 aromatic heterocycles. The third-order valence-corrected chi connectivity index (χ3v) is 3.56. The maximum absolute atomic E-state index is 2.60. The highest BCUT2D eigenvalue weighted by Crippen LogP contribution is 2.14. The molecule has 1 aromatic rings. The fourth-order valence-corrected chi connectivity index (χ4v) is 2.51. The Bertz CT molecular complexity index is 347. The van der Waals surface area contributed by atoms with Crippen LogP contribution in [0.5, 0.6) is 0 Å². The van der Waals surface area contributed by atoms with Crippen LogP contribution in [-0.4, -0.2) is 24.5 Å². The van der Waals surface area contributed by atoms with Gasteiger partial charge in [-0.1, -0.05) is 48.4 Å². The van der Waals surface area contributed by atoms with Crippen LogP contribution in [0.3, 0.4) is 0 Å². The minimum Gasteiger partial charge on any atom is -0.299 e. The van der Waals surface area contributed by atoms with Gasteiger partial charge in [0.15, 0.2) is 0 Å². The van der Waals surface area contributed by atoms with E-state index in [9.17, 15) is 0 Å². The Hall–Kier alpha value is -1.08. The zero-order valence-electron chi connectivity index (χ0n) is 10.9. The summed E-state index contributed by atoms with van der Waals surface area (Å²) in [7, 11) is 0. The highest BCUT2D eigenvalue weighted by Gasteiger charge is 2.11. The fraction of sp³-hybridized carbons (Fsp3) is 0.500. The van der Waals surface area contributed by atoms with Crippen molar-refractivity contribution in [2.24, 2.45) is 0 Å². The van der Waals surface area contributed by atoms with E-state index >= 15 is 0 Å².